The van der Waals surface area contributed by atoms with Gasteiger partial charge in [0.2, 0.25) is 5.75 Å². The number of nitrogens with one attached hydrogen (secondary N) is 1. The summed E-state index contributed by atoms with van der Waals surface area (Å²) in [5.74, 6) is 2.27. The number of hydrogen-bond acceptors (Lipinski definition) is 6. The highest BCUT2D eigenvalue weighted by Gasteiger charge is 2.14. The monoisotopic (exact) mass is 285 g/mol. The van der Waals surface area contributed by atoms with Crippen LogP contribution in [0.2, 0.25) is 0 Å². The van der Waals surface area contributed by atoms with Crippen LogP contribution in [0.15, 0.2) is 12.1 Å². The van der Waals surface area contributed by atoms with E-state index in [9.17, 15) is 0 Å². The van der Waals surface area contributed by atoms with Crippen molar-refractivity contribution in [2.24, 2.45) is 0 Å². The molecular weight excluding hydrogens is 262 g/mol. The van der Waals surface area contributed by atoms with Crippen LogP contribution in [0.3, 0.4) is 0 Å². The van der Waals surface area contributed by atoms with Crippen molar-refractivity contribution < 1.29 is 24.1 Å². The summed E-state index contributed by atoms with van der Waals surface area (Å²) in [6, 6.07) is 3.51. The van der Waals surface area contributed by atoms with Gasteiger partial charge in [-0.05, 0) is 13.5 Å². The third kappa shape index (κ3) is 4.18. The Bertz CT molecular complexity index is 382. The van der Waals surface area contributed by atoms with Crippen molar-refractivity contribution in [2.45, 2.75) is 12.5 Å². The summed E-state index contributed by atoms with van der Waals surface area (Å²) in [7, 11) is 6.48. The smallest absolute Gasteiger partial charge is 0.203 e. The van der Waals surface area contributed by atoms with E-state index in [2.05, 4.69) is 5.32 Å². The first kappa shape index (κ1) is 16.4. The lowest BCUT2D eigenvalue weighted by Gasteiger charge is -2.16. The highest BCUT2D eigenvalue weighted by Crippen LogP contribution is 2.40. The fourth-order valence-corrected chi connectivity index (χ4v) is 1.79. The third-order valence-corrected chi connectivity index (χ3v) is 3.00. The van der Waals surface area contributed by atoms with Crippen LogP contribution in [0.25, 0.3) is 0 Å². The second kappa shape index (κ2) is 8.50. The van der Waals surface area contributed by atoms with Crippen LogP contribution in [0, 0.1) is 0 Å². The van der Waals surface area contributed by atoms with Crippen molar-refractivity contribution >= 4 is 0 Å². The molecule has 6 nitrogen and oxygen atoms in total. The van der Waals surface area contributed by atoms with Crippen molar-refractivity contribution in [3.05, 3.63) is 12.1 Å². The van der Waals surface area contributed by atoms with Gasteiger partial charge in [-0.25, -0.2) is 0 Å². The van der Waals surface area contributed by atoms with Crippen molar-refractivity contribution in [2.75, 3.05) is 41.6 Å². The molecular formula is C14H23NO5. The lowest BCUT2D eigenvalue weighted by atomic mass is 10.2. The summed E-state index contributed by atoms with van der Waals surface area (Å²) in [6.45, 7) is 0.555. The van der Waals surface area contributed by atoms with E-state index in [0.717, 1.165) is 0 Å². The van der Waals surface area contributed by atoms with E-state index in [4.69, 9.17) is 24.1 Å². The van der Waals surface area contributed by atoms with E-state index >= 15 is 0 Å². The Balaban J connectivity index is 2.75. The topological polar surface area (TPSA) is 69.2 Å². The summed E-state index contributed by atoms with van der Waals surface area (Å²) in [5, 5.41) is 12.1. The third-order valence-electron chi connectivity index (χ3n) is 3.00. The number of aliphatic hydroxyl groups excluding tert-OH is 1. The predicted molar refractivity (Wildman–Crippen MR) is 76.1 cm³/mol. The van der Waals surface area contributed by atoms with Gasteiger partial charge < -0.3 is 29.4 Å². The van der Waals surface area contributed by atoms with E-state index in [1.165, 1.54) is 0 Å². The number of rotatable bonds is 9. The fraction of sp³-hybridized carbons (Fsp3) is 0.571. The quantitative estimate of drug-likeness (QED) is 0.707. The zero-order chi connectivity index (χ0) is 15.0. The maximum absolute atomic E-state index is 9.08. The van der Waals surface area contributed by atoms with Gasteiger partial charge in [0.1, 0.15) is 5.75 Å². The van der Waals surface area contributed by atoms with Gasteiger partial charge in [-0.15, -0.1) is 0 Å². The lowest BCUT2D eigenvalue weighted by Crippen LogP contribution is -2.30. The van der Waals surface area contributed by atoms with Crippen LogP contribution >= 0.6 is 0 Å². The number of methoxy groups -OCH3 is 3. The Morgan fingerprint density at radius 3 is 2.10 bits per heavy atom. The van der Waals surface area contributed by atoms with Crippen LogP contribution in [0.4, 0.5) is 0 Å². The predicted octanol–water partition coefficient (Wildman–Crippen LogP) is 1.06. The summed E-state index contributed by atoms with van der Waals surface area (Å²) >= 11 is 0. The Hall–Kier alpha value is -1.66. The molecule has 1 rings (SSSR count). The van der Waals surface area contributed by atoms with Crippen molar-refractivity contribution in [1.29, 1.82) is 0 Å². The molecule has 0 heterocycles. The largest absolute Gasteiger partial charge is 0.493 e. The van der Waals surface area contributed by atoms with Gasteiger partial charge in [0.25, 0.3) is 0 Å². The molecule has 0 saturated carbocycles. The van der Waals surface area contributed by atoms with Gasteiger partial charge in [-0.2, -0.15) is 0 Å². The SMILES string of the molecule is CNC(CO)CCOc1cc(OC)c(OC)c(OC)c1. The molecule has 0 aliphatic carbocycles. The summed E-state index contributed by atoms with van der Waals surface area (Å²) in [4.78, 5) is 0. The van der Waals surface area contributed by atoms with Gasteiger partial charge in [0.15, 0.2) is 11.5 Å². The molecule has 0 spiro atoms. The highest BCUT2D eigenvalue weighted by atomic mass is 16.5. The van der Waals surface area contributed by atoms with E-state index < -0.39 is 0 Å². The maximum atomic E-state index is 9.08. The van der Waals surface area contributed by atoms with Crippen LogP contribution in [-0.2, 0) is 0 Å². The van der Waals surface area contributed by atoms with E-state index in [1.54, 1.807) is 40.5 Å². The molecule has 114 valence electrons. The average molecular weight is 285 g/mol. The number of likely N-dealkylation sites (N-methyl/N-ethyl adjacent to an activating group) is 1. The van der Waals surface area contributed by atoms with E-state index in [0.29, 0.717) is 36.0 Å². The lowest BCUT2D eigenvalue weighted by molar-refractivity contribution is 0.213. The molecule has 0 aliphatic rings. The van der Waals surface area contributed by atoms with Gasteiger partial charge >= 0.3 is 0 Å². The minimum atomic E-state index is 0.0250. The van der Waals surface area contributed by atoms with Gasteiger partial charge in [-0.3, -0.25) is 0 Å². The van der Waals surface area contributed by atoms with Crippen molar-refractivity contribution in [3.63, 3.8) is 0 Å². The summed E-state index contributed by atoms with van der Waals surface area (Å²) < 4.78 is 21.4. The first-order valence-electron chi connectivity index (χ1n) is 6.41. The number of benzene rings is 1. The normalized spacial score (nSPS) is 11.8. The van der Waals surface area contributed by atoms with Crippen LogP contribution in [-0.4, -0.2) is 52.7 Å². The van der Waals surface area contributed by atoms with Gasteiger partial charge in [0.05, 0.1) is 34.5 Å². The molecule has 1 atom stereocenters. The molecule has 20 heavy (non-hydrogen) atoms. The molecule has 1 aromatic carbocycles. The second-order valence-electron chi connectivity index (χ2n) is 4.17. The number of ether oxygens (including phenoxy) is 4. The van der Waals surface area contributed by atoms with Crippen LogP contribution in [0.1, 0.15) is 6.42 Å². The summed E-state index contributed by atoms with van der Waals surface area (Å²) in [5.41, 5.74) is 0. The number of aliphatic hydroxyl groups is 1. The first-order chi connectivity index (χ1) is 9.69. The van der Waals surface area contributed by atoms with Crippen LogP contribution in [0.5, 0.6) is 23.0 Å². The Kier molecular flexibility index (Phi) is 6.97. The molecule has 1 unspecified atom stereocenters. The molecule has 1 aromatic rings. The number of hydrogen-bond donors (Lipinski definition) is 2. The highest BCUT2D eigenvalue weighted by molar-refractivity contribution is 5.55. The molecule has 0 aliphatic heterocycles. The molecule has 0 bridgehead atoms. The molecule has 0 amide bonds. The molecule has 6 heteroatoms. The van der Waals surface area contributed by atoms with Gasteiger partial charge in [0, 0.05) is 18.2 Å². The minimum absolute atomic E-state index is 0.0250. The average Bonchev–Trinajstić information content (AvgIpc) is 2.50. The molecule has 0 saturated heterocycles. The molecule has 2 N–H and O–H groups in total. The van der Waals surface area contributed by atoms with Crippen molar-refractivity contribution in [1.82, 2.24) is 5.32 Å². The Labute approximate surface area is 119 Å². The van der Waals surface area contributed by atoms with E-state index in [-0.39, 0.29) is 12.6 Å². The Morgan fingerprint density at radius 1 is 1.10 bits per heavy atom. The summed E-state index contributed by atoms with van der Waals surface area (Å²) in [6.07, 6.45) is 0.698. The zero-order valence-corrected chi connectivity index (χ0v) is 12.4. The standard InChI is InChI=1S/C14H23NO5/c1-15-10(9-16)5-6-20-11-7-12(17-2)14(19-4)13(8-11)18-3/h7-8,10,15-16H,5-6,9H2,1-4H3. The van der Waals surface area contributed by atoms with Crippen LogP contribution < -0.4 is 24.3 Å². The Morgan fingerprint density at radius 2 is 1.70 bits per heavy atom. The maximum Gasteiger partial charge on any atom is 0.203 e. The second-order valence-corrected chi connectivity index (χ2v) is 4.17. The van der Waals surface area contributed by atoms with Gasteiger partial charge in [-0.1, -0.05) is 0 Å². The molecule has 0 aromatic heterocycles. The zero-order valence-electron chi connectivity index (χ0n) is 12.4. The molecule has 0 radical (unpaired) electrons. The fourth-order valence-electron chi connectivity index (χ4n) is 1.79. The van der Waals surface area contributed by atoms with Crippen molar-refractivity contribution in [3.8, 4) is 23.0 Å². The first-order valence-corrected chi connectivity index (χ1v) is 6.41. The molecule has 0 fully saturated rings. The van der Waals surface area contributed by atoms with E-state index in [1.807, 2.05) is 0 Å². The minimum Gasteiger partial charge on any atom is -0.493 e.